The number of fused-ring (bicyclic) bond motifs is 1. The minimum absolute atomic E-state index is 0.292. The summed E-state index contributed by atoms with van der Waals surface area (Å²) >= 11 is 0. The second-order valence-electron chi connectivity index (χ2n) is 3.86. The molecule has 0 unspecified atom stereocenters. The van der Waals surface area contributed by atoms with Gasteiger partial charge in [0.05, 0.1) is 6.61 Å². The average Bonchev–Trinajstić information content (AvgIpc) is 2.75. The van der Waals surface area contributed by atoms with Crippen LogP contribution in [0.4, 0.5) is 0 Å². The highest BCUT2D eigenvalue weighted by molar-refractivity contribution is 5.92. The number of aromatic nitrogens is 1. The third-order valence-corrected chi connectivity index (χ3v) is 2.63. The largest absolute Gasteiger partial charge is 0.463 e. The summed E-state index contributed by atoms with van der Waals surface area (Å²) in [5, 5.41) is 1.14. The van der Waals surface area contributed by atoms with Crippen molar-refractivity contribution < 1.29 is 9.53 Å². The van der Waals surface area contributed by atoms with Crippen LogP contribution in [0.3, 0.4) is 0 Å². The molecule has 0 amide bonds. The Morgan fingerprint density at radius 2 is 2.24 bits per heavy atom. The molecule has 3 heteroatoms. The molecule has 2 aromatic rings. The SMILES string of the molecule is CCOC(=O)/C=C(\C)c1ccc2[nH]ccc2c1. The Labute approximate surface area is 100 Å². The lowest BCUT2D eigenvalue weighted by atomic mass is 10.1. The lowest BCUT2D eigenvalue weighted by Gasteiger charge is -2.02. The number of esters is 1. The predicted octanol–water partition coefficient (Wildman–Crippen LogP) is 3.13. The van der Waals surface area contributed by atoms with Crippen molar-refractivity contribution >= 4 is 22.4 Å². The fourth-order valence-electron chi connectivity index (χ4n) is 1.74. The van der Waals surface area contributed by atoms with E-state index in [0.717, 1.165) is 22.0 Å². The Morgan fingerprint density at radius 1 is 1.41 bits per heavy atom. The quantitative estimate of drug-likeness (QED) is 0.649. The van der Waals surface area contributed by atoms with Gasteiger partial charge in [0, 0.05) is 17.8 Å². The molecule has 0 radical (unpaired) electrons. The van der Waals surface area contributed by atoms with Crippen LogP contribution in [0.1, 0.15) is 19.4 Å². The number of rotatable bonds is 3. The third-order valence-electron chi connectivity index (χ3n) is 2.63. The molecule has 1 aromatic heterocycles. The summed E-state index contributed by atoms with van der Waals surface area (Å²) < 4.78 is 4.89. The number of aromatic amines is 1. The minimum atomic E-state index is -0.292. The Bertz CT molecular complexity index is 566. The van der Waals surface area contributed by atoms with Crippen molar-refractivity contribution in [1.82, 2.24) is 4.98 Å². The zero-order valence-corrected chi connectivity index (χ0v) is 9.99. The Morgan fingerprint density at radius 3 is 3.00 bits per heavy atom. The molecular formula is C14H15NO2. The highest BCUT2D eigenvalue weighted by Gasteiger charge is 2.02. The first-order valence-electron chi connectivity index (χ1n) is 5.63. The van der Waals surface area contributed by atoms with Gasteiger partial charge in [-0.1, -0.05) is 6.07 Å². The first-order chi connectivity index (χ1) is 8.20. The highest BCUT2D eigenvalue weighted by atomic mass is 16.5. The van der Waals surface area contributed by atoms with Crippen molar-refractivity contribution in [3.05, 3.63) is 42.1 Å². The number of benzene rings is 1. The van der Waals surface area contributed by atoms with Crippen LogP contribution in [0.2, 0.25) is 0 Å². The van der Waals surface area contributed by atoms with Crippen molar-refractivity contribution in [3.63, 3.8) is 0 Å². The molecule has 2 rings (SSSR count). The second-order valence-corrected chi connectivity index (χ2v) is 3.86. The van der Waals surface area contributed by atoms with Gasteiger partial charge >= 0.3 is 5.97 Å². The van der Waals surface area contributed by atoms with E-state index in [-0.39, 0.29) is 5.97 Å². The minimum Gasteiger partial charge on any atom is -0.463 e. The molecule has 0 aliphatic carbocycles. The molecule has 1 heterocycles. The molecule has 1 aromatic carbocycles. The van der Waals surface area contributed by atoms with Gasteiger partial charge in [0.25, 0.3) is 0 Å². The van der Waals surface area contributed by atoms with E-state index >= 15 is 0 Å². The van der Waals surface area contributed by atoms with Gasteiger partial charge in [-0.3, -0.25) is 0 Å². The summed E-state index contributed by atoms with van der Waals surface area (Å²) in [6.45, 7) is 4.11. The third kappa shape index (κ3) is 2.56. The molecule has 0 spiro atoms. The average molecular weight is 229 g/mol. The molecule has 0 saturated carbocycles. The Hall–Kier alpha value is -2.03. The summed E-state index contributed by atoms with van der Waals surface area (Å²) in [6.07, 6.45) is 3.43. The lowest BCUT2D eigenvalue weighted by molar-refractivity contribution is -0.137. The number of nitrogens with one attached hydrogen (secondary N) is 1. The fraction of sp³-hybridized carbons (Fsp3) is 0.214. The molecule has 0 aliphatic rings. The van der Waals surface area contributed by atoms with Crippen LogP contribution in [0.5, 0.6) is 0 Å². The molecule has 1 N–H and O–H groups in total. The number of hydrogen-bond acceptors (Lipinski definition) is 2. The smallest absolute Gasteiger partial charge is 0.331 e. The maximum Gasteiger partial charge on any atom is 0.331 e. The van der Waals surface area contributed by atoms with Crippen molar-refractivity contribution in [2.45, 2.75) is 13.8 Å². The summed E-state index contributed by atoms with van der Waals surface area (Å²) in [7, 11) is 0. The monoisotopic (exact) mass is 229 g/mol. The molecule has 17 heavy (non-hydrogen) atoms. The van der Waals surface area contributed by atoms with E-state index < -0.39 is 0 Å². The van der Waals surface area contributed by atoms with E-state index in [9.17, 15) is 4.79 Å². The normalized spacial score (nSPS) is 11.8. The number of carbonyl (C=O) groups excluding carboxylic acids is 1. The number of H-pyrrole nitrogens is 1. The maximum atomic E-state index is 11.3. The van der Waals surface area contributed by atoms with E-state index in [2.05, 4.69) is 11.1 Å². The number of ether oxygens (including phenoxy) is 1. The van der Waals surface area contributed by atoms with Crippen LogP contribution in [0.15, 0.2) is 36.5 Å². The highest BCUT2D eigenvalue weighted by Crippen LogP contribution is 2.20. The van der Waals surface area contributed by atoms with Crippen LogP contribution in [0.25, 0.3) is 16.5 Å². The standard InChI is InChI=1S/C14H15NO2/c1-3-17-14(16)8-10(2)11-4-5-13-12(9-11)6-7-15-13/h4-9,15H,3H2,1-2H3/b10-8+. The molecule has 0 atom stereocenters. The van der Waals surface area contributed by atoms with Crippen LogP contribution in [0, 0.1) is 0 Å². The first-order valence-corrected chi connectivity index (χ1v) is 5.63. The second kappa shape index (κ2) is 4.87. The molecule has 0 bridgehead atoms. The van der Waals surface area contributed by atoms with Gasteiger partial charge in [-0.2, -0.15) is 0 Å². The molecule has 3 nitrogen and oxygen atoms in total. The molecular weight excluding hydrogens is 214 g/mol. The van der Waals surface area contributed by atoms with Crippen LogP contribution < -0.4 is 0 Å². The first kappa shape index (κ1) is 11.5. The predicted molar refractivity (Wildman–Crippen MR) is 68.6 cm³/mol. The molecule has 0 aliphatic heterocycles. The van der Waals surface area contributed by atoms with Gasteiger partial charge in [0.2, 0.25) is 0 Å². The van der Waals surface area contributed by atoms with Crippen molar-refractivity contribution in [3.8, 4) is 0 Å². The summed E-state index contributed by atoms with van der Waals surface area (Å²) in [4.78, 5) is 14.5. The van der Waals surface area contributed by atoms with Gasteiger partial charge in [-0.05, 0) is 48.6 Å². The van der Waals surface area contributed by atoms with Crippen molar-refractivity contribution in [1.29, 1.82) is 0 Å². The Balaban J connectivity index is 2.29. The van der Waals surface area contributed by atoms with E-state index in [0.29, 0.717) is 6.61 Å². The molecule has 0 fully saturated rings. The summed E-state index contributed by atoms with van der Waals surface area (Å²) in [6, 6.07) is 8.06. The zero-order chi connectivity index (χ0) is 12.3. The van der Waals surface area contributed by atoms with E-state index in [1.54, 1.807) is 6.92 Å². The molecule has 0 saturated heterocycles. The fourth-order valence-corrected chi connectivity index (χ4v) is 1.74. The van der Waals surface area contributed by atoms with Gasteiger partial charge in [-0.15, -0.1) is 0 Å². The van der Waals surface area contributed by atoms with Gasteiger partial charge in [0.1, 0.15) is 0 Å². The van der Waals surface area contributed by atoms with Crippen molar-refractivity contribution in [2.24, 2.45) is 0 Å². The van der Waals surface area contributed by atoms with Crippen molar-refractivity contribution in [2.75, 3.05) is 6.61 Å². The lowest BCUT2D eigenvalue weighted by Crippen LogP contribution is -2.00. The molecule has 88 valence electrons. The maximum absolute atomic E-state index is 11.3. The van der Waals surface area contributed by atoms with Crippen LogP contribution in [-0.4, -0.2) is 17.6 Å². The van der Waals surface area contributed by atoms with Crippen LogP contribution in [-0.2, 0) is 9.53 Å². The van der Waals surface area contributed by atoms with Gasteiger partial charge in [0.15, 0.2) is 0 Å². The van der Waals surface area contributed by atoms with E-state index in [1.807, 2.05) is 31.3 Å². The Kier molecular flexibility index (Phi) is 3.28. The zero-order valence-electron chi connectivity index (χ0n) is 9.99. The van der Waals surface area contributed by atoms with E-state index in [4.69, 9.17) is 4.74 Å². The summed E-state index contributed by atoms with van der Waals surface area (Å²) in [5.74, 6) is -0.292. The topological polar surface area (TPSA) is 42.1 Å². The van der Waals surface area contributed by atoms with E-state index in [1.165, 1.54) is 6.08 Å². The van der Waals surface area contributed by atoms with Gasteiger partial charge < -0.3 is 9.72 Å². The summed E-state index contributed by atoms with van der Waals surface area (Å²) in [5.41, 5.74) is 3.04. The van der Waals surface area contributed by atoms with Gasteiger partial charge in [-0.25, -0.2) is 4.79 Å². The number of carbonyl (C=O) groups is 1. The number of hydrogen-bond donors (Lipinski definition) is 1. The van der Waals surface area contributed by atoms with Crippen LogP contribution >= 0.6 is 0 Å². The number of allylic oxidation sites excluding steroid dienone is 1.